The molecule has 6 nitrogen and oxygen atoms in total. The van der Waals surface area contributed by atoms with Gasteiger partial charge < -0.3 is 19.7 Å². The molecule has 0 unspecified atom stereocenters. The van der Waals surface area contributed by atoms with Crippen molar-refractivity contribution in [2.75, 3.05) is 26.7 Å². The third kappa shape index (κ3) is 6.45. The van der Waals surface area contributed by atoms with Gasteiger partial charge in [0.15, 0.2) is 0 Å². The fourth-order valence-electron chi connectivity index (χ4n) is 3.22. The van der Waals surface area contributed by atoms with Crippen LogP contribution in [0.25, 0.3) is 0 Å². The summed E-state index contributed by atoms with van der Waals surface area (Å²) in [6.07, 6.45) is 1.76. The van der Waals surface area contributed by atoms with E-state index in [-0.39, 0.29) is 17.9 Å². The molecule has 0 aromatic heterocycles. The van der Waals surface area contributed by atoms with Crippen LogP contribution in [0.15, 0.2) is 18.2 Å². The SMILES string of the molecule is COc1ccc(C)cc1CCNC(=O)C1CCN(C(=O)OC(C)(C)C)CC1. The van der Waals surface area contributed by atoms with Crippen molar-refractivity contribution in [1.29, 1.82) is 0 Å². The van der Waals surface area contributed by atoms with E-state index in [1.165, 1.54) is 5.56 Å². The number of carbonyl (C=O) groups is 2. The van der Waals surface area contributed by atoms with Gasteiger partial charge in [-0.15, -0.1) is 0 Å². The van der Waals surface area contributed by atoms with Gasteiger partial charge in [-0.2, -0.15) is 0 Å². The number of rotatable bonds is 5. The molecule has 1 aliphatic rings. The van der Waals surface area contributed by atoms with Crippen LogP contribution >= 0.6 is 0 Å². The second kappa shape index (κ2) is 9.11. The number of nitrogens with one attached hydrogen (secondary N) is 1. The molecule has 1 aliphatic heterocycles. The number of aryl methyl sites for hydroxylation is 1. The van der Waals surface area contributed by atoms with Crippen molar-refractivity contribution in [3.8, 4) is 5.75 Å². The lowest BCUT2D eigenvalue weighted by Crippen LogP contribution is -2.45. The number of amides is 2. The second-order valence-electron chi connectivity index (χ2n) is 8.10. The quantitative estimate of drug-likeness (QED) is 0.856. The van der Waals surface area contributed by atoms with Gasteiger partial charge in [0.05, 0.1) is 7.11 Å². The Bertz CT molecular complexity index is 659. The molecule has 0 bridgehead atoms. The van der Waals surface area contributed by atoms with Gasteiger partial charge in [0.1, 0.15) is 11.4 Å². The molecule has 1 fully saturated rings. The molecule has 27 heavy (non-hydrogen) atoms. The molecule has 2 rings (SSSR count). The Morgan fingerprint density at radius 3 is 2.48 bits per heavy atom. The Morgan fingerprint density at radius 2 is 1.89 bits per heavy atom. The number of benzene rings is 1. The first-order valence-corrected chi connectivity index (χ1v) is 9.59. The van der Waals surface area contributed by atoms with Gasteiger partial charge in [0.2, 0.25) is 5.91 Å². The van der Waals surface area contributed by atoms with Crippen molar-refractivity contribution in [1.82, 2.24) is 10.2 Å². The minimum absolute atomic E-state index is 0.0527. The highest BCUT2D eigenvalue weighted by atomic mass is 16.6. The van der Waals surface area contributed by atoms with Crippen LogP contribution in [-0.2, 0) is 16.0 Å². The smallest absolute Gasteiger partial charge is 0.410 e. The van der Waals surface area contributed by atoms with E-state index in [1.807, 2.05) is 39.8 Å². The van der Waals surface area contributed by atoms with Gasteiger partial charge in [-0.25, -0.2) is 4.79 Å². The number of hydrogen-bond donors (Lipinski definition) is 1. The topological polar surface area (TPSA) is 67.9 Å². The zero-order valence-electron chi connectivity index (χ0n) is 17.1. The monoisotopic (exact) mass is 376 g/mol. The Hall–Kier alpha value is -2.24. The van der Waals surface area contributed by atoms with Crippen LogP contribution in [0, 0.1) is 12.8 Å². The van der Waals surface area contributed by atoms with Crippen molar-refractivity contribution in [3.05, 3.63) is 29.3 Å². The molecule has 0 saturated carbocycles. The molecule has 1 heterocycles. The first-order valence-electron chi connectivity index (χ1n) is 9.59. The van der Waals surface area contributed by atoms with Crippen LogP contribution in [0.1, 0.15) is 44.7 Å². The van der Waals surface area contributed by atoms with E-state index in [2.05, 4.69) is 11.4 Å². The summed E-state index contributed by atoms with van der Waals surface area (Å²) in [6.45, 7) is 9.29. The number of likely N-dealkylation sites (tertiary alicyclic amines) is 1. The van der Waals surface area contributed by atoms with Crippen molar-refractivity contribution < 1.29 is 19.1 Å². The largest absolute Gasteiger partial charge is 0.496 e. The molecule has 1 aromatic rings. The van der Waals surface area contributed by atoms with E-state index >= 15 is 0 Å². The molecule has 0 atom stereocenters. The molecule has 0 radical (unpaired) electrons. The lowest BCUT2D eigenvalue weighted by Gasteiger charge is -2.32. The predicted molar refractivity (Wildman–Crippen MR) is 105 cm³/mol. The van der Waals surface area contributed by atoms with Crippen molar-refractivity contribution in [2.24, 2.45) is 5.92 Å². The Morgan fingerprint density at radius 1 is 1.22 bits per heavy atom. The minimum Gasteiger partial charge on any atom is -0.496 e. The first-order chi connectivity index (χ1) is 12.7. The zero-order valence-corrected chi connectivity index (χ0v) is 17.1. The lowest BCUT2D eigenvalue weighted by atomic mass is 9.96. The maximum Gasteiger partial charge on any atom is 0.410 e. The average molecular weight is 376 g/mol. The Labute approximate surface area is 162 Å². The average Bonchev–Trinajstić information content (AvgIpc) is 2.60. The maximum absolute atomic E-state index is 12.4. The van der Waals surface area contributed by atoms with Gasteiger partial charge in [0.25, 0.3) is 0 Å². The summed E-state index contributed by atoms with van der Waals surface area (Å²) < 4.78 is 10.8. The molecule has 1 N–H and O–H groups in total. The van der Waals surface area contributed by atoms with Gasteiger partial charge in [-0.3, -0.25) is 4.79 Å². The Balaban J connectivity index is 1.77. The van der Waals surface area contributed by atoms with Gasteiger partial charge >= 0.3 is 6.09 Å². The molecule has 150 valence electrons. The molecular weight excluding hydrogens is 344 g/mol. The summed E-state index contributed by atoms with van der Waals surface area (Å²) >= 11 is 0. The first kappa shape index (κ1) is 21.1. The van der Waals surface area contributed by atoms with Crippen molar-refractivity contribution in [3.63, 3.8) is 0 Å². The van der Waals surface area contributed by atoms with Crippen LogP contribution < -0.4 is 10.1 Å². The molecule has 0 spiro atoms. The van der Waals surface area contributed by atoms with Crippen LogP contribution in [0.4, 0.5) is 4.79 Å². The normalized spacial score (nSPS) is 15.4. The fraction of sp³-hybridized carbons (Fsp3) is 0.619. The van der Waals surface area contributed by atoms with E-state index in [9.17, 15) is 9.59 Å². The second-order valence-corrected chi connectivity index (χ2v) is 8.10. The summed E-state index contributed by atoms with van der Waals surface area (Å²) in [6, 6.07) is 6.06. The summed E-state index contributed by atoms with van der Waals surface area (Å²) in [5, 5.41) is 3.02. The van der Waals surface area contributed by atoms with E-state index in [0.717, 1.165) is 17.7 Å². The zero-order chi connectivity index (χ0) is 20.0. The van der Waals surface area contributed by atoms with Crippen molar-refractivity contribution in [2.45, 2.75) is 52.6 Å². The highest BCUT2D eigenvalue weighted by molar-refractivity contribution is 5.79. The number of carbonyl (C=O) groups excluding carboxylic acids is 2. The maximum atomic E-state index is 12.4. The number of ether oxygens (including phenoxy) is 2. The van der Waals surface area contributed by atoms with Gasteiger partial charge in [-0.05, 0) is 58.6 Å². The Kier molecular flexibility index (Phi) is 7.11. The summed E-state index contributed by atoms with van der Waals surface area (Å²) in [4.78, 5) is 26.2. The standard InChI is InChI=1S/C21H32N2O4/c1-15-6-7-18(26-5)17(14-15)8-11-22-19(24)16-9-12-23(13-10-16)20(25)27-21(2,3)4/h6-7,14,16H,8-13H2,1-5H3,(H,22,24). The molecule has 0 aliphatic carbocycles. The summed E-state index contributed by atoms with van der Waals surface area (Å²) in [5.74, 6) is 0.856. The van der Waals surface area contributed by atoms with Crippen LogP contribution in [0.5, 0.6) is 5.75 Å². The predicted octanol–water partition coefficient (Wildman–Crippen LogP) is 3.31. The molecule has 1 saturated heterocycles. The van der Waals surface area contributed by atoms with Crippen LogP contribution in [0.3, 0.4) is 0 Å². The van der Waals surface area contributed by atoms with Crippen LogP contribution in [0.2, 0.25) is 0 Å². The molecule has 6 heteroatoms. The molecule has 1 aromatic carbocycles. The van der Waals surface area contributed by atoms with E-state index < -0.39 is 5.60 Å². The fourth-order valence-corrected chi connectivity index (χ4v) is 3.22. The van der Waals surface area contributed by atoms with E-state index in [4.69, 9.17) is 9.47 Å². The number of piperidine rings is 1. The van der Waals surface area contributed by atoms with Crippen LogP contribution in [-0.4, -0.2) is 49.2 Å². The molecule has 2 amide bonds. The van der Waals surface area contributed by atoms with Gasteiger partial charge in [0, 0.05) is 25.6 Å². The summed E-state index contributed by atoms with van der Waals surface area (Å²) in [7, 11) is 1.66. The summed E-state index contributed by atoms with van der Waals surface area (Å²) in [5.41, 5.74) is 1.77. The number of hydrogen-bond acceptors (Lipinski definition) is 4. The highest BCUT2D eigenvalue weighted by Gasteiger charge is 2.29. The lowest BCUT2D eigenvalue weighted by molar-refractivity contribution is -0.126. The number of nitrogens with zero attached hydrogens (tertiary/aromatic N) is 1. The highest BCUT2D eigenvalue weighted by Crippen LogP contribution is 2.21. The van der Waals surface area contributed by atoms with Crippen molar-refractivity contribution >= 4 is 12.0 Å². The van der Waals surface area contributed by atoms with E-state index in [1.54, 1.807) is 12.0 Å². The third-order valence-corrected chi connectivity index (χ3v) is 4.65. The molecular formula is C21H32N2O4. The van der Waals surface area contributed by atoms with Gasteiger partial charge in [-0.1, -0.05) is 17.7 Å². The third-order valence-electron chi connectivity index (χ3n) is 4.65. The minimum atomic E-state index is -0.498. The number of methoxy groups -OCH3 is 1. The van der Waals surface area contributed by atoms with E-state index in [0.29, 0.717) is 32.5 Å².